The summed E-state index contributed by atoms with van der Waals surface area (Å²) in [6.45, 7) is 0.0339. The molecule has 0 saturated carbocycles. The normalized spacial score (nSPS) is 11.2. The van der Waals surface area contributed by atoms with Crippen molar-refractivity contribution in [2.45, 2.75) is 0 Å². The first-order valence-electron chi connectivity index (χ1n) is 8.63. The summed E-state index contributed by atoms with van der Waals surface area (Å²) in [4.78, 5) is 22.0. The average Bonchev–Trinajstić information content (AvgIpc) is 2.75. The van der Waals surface area contributed by atoms with E-state index in [-0.39, 0.29) is 26.4 Å². The number of phosphoric acid groups is 1. The fourth-order valence-corrected chi connectivity index (χ4v) is 3.26. The smallest absolute Gasteiger partial charge is 0.474 e. The highest BCUT2D eigenvalue weighted by atomic mass is 35.5. The highest BCUT2D eigenvalue weighted by Gasteiger charge is 2.24. The molecule has 0 aliphatic heterocycles. The van der Waals surface area contributed by atoms with Crippen LogP contribution in [0.1, 0.15) is 20.7 Å². The largest absolute Gasteiger partial charge is 0.491 e. The van der Waals surface area contributed by atoms with Gasteiger partial charge in [-0.2, -0.15) is 0 Å². The summed E-state index contributed by atoms with van der Waals surface area (Å²) in [6.07, 6.45) is 0. The van der Waals surface area contributed by atoms with Crippen molar-refractivity contribution in [2.75, 3.05) is 33.5 Å². The van der Waals surface area contributed by atoms with Crippen LogP contribution in [0.5, 0.6) is 11.5 Å². The number of halogens is 2. The first-order valence-corrected chi connectivity index (χ1v) is 10.8. The maximum Gasteiger partial charge on any atom is 0.474 e. The highest BCUT2D eigenvalue weighted by molar-refractivity contribution is 7.48. The Hall–Kier alpha value is -1.93. The van der Waals surface area contributed by atoms with Crippen LogP contribution >= 0.6 is 31.0 Å². The number of phosphoric ester groups is 1. The van der Waals surface area contributed by atoms with Gasteiger partial charge in [0.05, 0.1) is 13.2 Å². The van der Waals surface area contributed by atoms with Crippen molar-refractivity contribution >= 4 is 41.5 Å². The van der Waals surface area contributed by atoms with E-state index in [9.17, 15) is 14.2 Å². The van der Waals surface area contributed by atoms with E-state index in [4.69, 9.17) is 46.2 Å². The van der Waals surface area contributed by atoms with Crippen molar-refractivity contribution in [3.63, 3.8) is 0 Å². The van der Waals surface area contributed by atoms with E-state index in [1.807, 2.05) is 0 Å². The van der Waals surface area contributed by atoms with Crippen LogP contribution in [0.15, 0.2) is 48.5 Å². The van der Waals surface area contributed by atoms with Gasteiger partial charge in [-0.15, -0.1) is 0 Å². The number of benzene rings is 2. The van der Waals surface area contributed by atoms with Crippen LogP contribution < -0.4 is 9.47 Å². The summed E-state index contributed by atoms with van der Waals surface area (Å²) in [5.41, 5.74) is 0.700. The van der Waals surface area contributed by atoms with Crippen LogP contribution in [-0.2, 0) is 18.1 Å². The molecule has 30 heavy (non-hydrogen) atoms. The summed E-state index contributed by atoms with van der Waals surface area (Å²) in [7, 11) is -2.57. The molecule has 0 unspecified atom stereocenters. The Labute approximate surface area is 183 Å². The van der Waals surface area contributed by atoms with Gasteiger partial charge in [0.1, 0.15) is 24.7 Å². The lowest BCUT2D eigenvalue weighted by Gasteiger charge is -2.16. The Balaban J connectivity index is 1.68. The Morgan fingerprint density at radius 1 is 0.733 bits per heavy atom. The fraction of sp³-hybridized carbons (Fsp3) is 0.263. The van der Waals surface area contributed by atoms with Gasteiger partial charge in [0.15, 0.2) is 0 Å². The zero-order valence-electron chi connectivity index (χ0n) is 15.9. The number of carbonyl (C=O) groups is 2. The van der Waals surface area contributed by atoms with Crippen LogP contribution in [0.25, 0.3) is 0 Å². The molecule has 0 fully saturated rings. The topological polar surface area (TPSA) is 97.4 Å². The minimum atomic E-state index is -3.77. The first kappa shape index (κ1) is 24.3. The Morgan fingerprint density at radius 3 is 1.40 bits per heavy atom. The van der Waals surface area contributed by atoms with Gasteiger partial charge in [-0.05, 0) is 71.7 Å². The van der Waals surface area contributed by atoms with Crippen molar-refractivity contribution in [1.29, 1.82) is 0 Å². The molecule has 0 N–H and O–H groups in total. The summed E-state index contributed by atoms with van der Waals surface area (Å²) in [5.74, 6) is 0.979. The van der Waals surface area contributed by atoms with Crippen molar-refractivity contribution in [3.05, 3.63) is 59.7 Å². The zero-order valence-corrected chi connectivity index (χ0v) is 18.3. The average molecular weight is 477 g/mol. The Morgan fingerprint density at radius 2 is 1.10 bits per heavy atom. The van der Waals surface area contributed by atoms with Crippen LogP contribution in [0.4, 0.5) is 0 Å². The molecule has 0 radical (unpaired) electrons. The summed E-state index contributed by atoms with van der Waals surface area (Å²) in [6, 6.07) is 12.4. The van der Waals surface area contributed by atoms with Crippen molar-refractivity contribution in [2.24, 2.45) is 0 Å². The first-order chi connectivity index (χ1) is 14.3. The number of ether oxygens (including phenoxy) is 2. The molecule has 11 heteroatoms. The second kappa shape index (κ2) is 12.1. The fourth-order valence-electron chi connectivity index (χ4n) is 2.12. The number of carbonyl (C=O) groups excluding carboxylic acids is 2. The van der Waals surface area contributed by atoms with Gasteiger partial charge >= 0.3 is 7.82 Å². The standard InChI is InChI=1S/C19H19Cl2O8P/c1-25-30(24,28-12-10-26-16-6-2-14(3-7-16)18(20)22)29-13-11-27-17-8-4-15(5-9-17)19(21)23/h2-9H,10-13H2,1H3. The van der Waals surface area contributed by atoms with E-state index < -0.39 is 18.3 Å². The Bertz CT molecular complexity index is 817. The minimum absolute atomic E-state index is 0.0594. The van der Waals surface area contributed by atoms with Crippen molar-refractivity contribution in [1.82, 2.24) is 0 Å². The maximum atomic E-state index is 12.4. The molecular weight excluding hydrogens is 458 g/mol. The molecule has 0 spiro atoms. The zero-order chi connectivity index (χ0) is 22.0. The third-order valence-electron chi connectivity index (χ3n) is 3.59. The highest BCUT2D eigenvalue weighted by Crippen LogP contribution is 2.48. The maximum absolute atomic E-state index is 12.4. The molecule has 0 aromatic heterocycles. The van der Waals surface area contributed by atoms with Gasteiger partial charge in [-0.3, -0.25) is 23.2 Å². The molecule has 2 aromatic rings. The molecule has 2 rings (SSSR count). The predicted octanol–water partition coefficient (Wildman–Crippen LogP) is 4.69. The molecule has 8 nitrogen and oxygen atoms in total. The van der Waals surface area contributed by atoms with Crippen LogP contribution in [-0.4, -0.2) is 44.0 Å². The molecule has 0 saturated heterocycles. The van der Waals surface area contributed by atoms with E-state index in [2.05, 4.69) is 0 Å². The van der Waals surface area contributed by atoms with Gasteiger partial charge in [0.25, 0.3) is 10.5 Å². The molecule has 162 valence electrons. The molecule has 0 bridgehead atoms. The lowest BCUT2D eigenvalue weighted by molar-refractivity contribution is 0.102. The molecule has 0 amide bonds. The van der Waals surface area contributed by atoms with Gasteiger partial charge in [0, 0.05) is 18.2 Å². The van der Waals surface area contributed by atoms with Gasteiger partial charge in [0.2, 0.25) is 0 Å². The minimum Gasteiger partial charge on any atom is -0.491 e. The molecule has 0 aliphatic carbocycles. The number of hydrogen-bond acceptors (Lipinski definition) is 8. The van der Waals surface area contributed by atoms with E-state index in [0.29, 0.717) is 22.6 Å². The molecule has 0 heterocycles. The van der Waals surface area contributed by atoms with E-state index >= 15 is 0 Å². The molecular formula is C19H19Cl2O8P. The second-order valence-electron chi connectivity index (χ2n) is 5.59. The summed E-state index contributed by atoms with van der Waals surface area (Å²) >= 11 is 10.7. The van der Waals surface area contributed by atoms with E-state index in [1.54, 1.807) is 24.3 Å². The van der Waals surface area contributed by atoms with Crippen molar-refractivity contribution in [3.8, 4) is 11.5 Å². The Kier molecular flexibility index (Phi) is 9.78. The van der Waals surface area contributed by atoms with Crippen LogP contribution in [0.2, 0.25) is 0 Å². The van der Waals surface area contributed by atoms with E-state index in [1.165, 1.54) is 31.4 Å². The van der Waals surface area contributed by atoms with Crippen molar-refractivity contribution < 1.29 is 37.2 Å². The number of rotatable bonds is 13. The van der Waals surface area contributed by atoms with E-state index in [0.717, 1.165) is 0 Å². The van der Waals surface area contributed by atoms with Crippen LogP contribution in [0.3, 0.4) is 0 Å². The summed E-state index contributed by atoms with van der Waals surface area (Å²) < 4.78 is 38.3. The summed E-state index contributed by atoms with van der Waals surface area (Å²) in [5, 5.41) is -1.12. The third kappa shape index (κ3) is 8.07. The van der Waals surface area contributed by atoms with Gasteiger partial charge < -0.3 is 9.47 Å². The predicted molar refractivity (Wildman–Crippen MR) is 111 cm³/mol. The second-order valence-corrected chi connectivity index (χ2v) is 8.05. The lowest BCUT2D eigenvalue weighted by Crippen LogP contribution is -2.10. The quantitative estimate of drug-likeness (QED) is 0.233. The van der Waals surface area contributed by atoms with Gasteiger partial charge in [-0.1, -0.05) is 0 Å². The SMILES string of the molecule is COP(=O)(OCCOc1ccc(C(=O)Cl)cc1)OCCOc1ccc(C(=O)Cl)cc1. The lowest BCUT2D eigenvalue weighted by atomic mass is 10.2. The molecule has 0 aliphatic rings. The number of hydrogen-bond donors (Lipinski definition) is 0. The van der Waals surface area contributed by atoms with Crippen LogP contribution in [0, 0.1) is 0 Å². The van der Waals surface area contributed by atoms with Gasteiger partial charge in [-0.25, -0.2) is 4.57 Å². The molecule has 0 atom stereocenters. The monoisotopic (exact) mass is 476 g/mol. The molecule has 2 aromatic carbocycles. The third-order valence-corrected chi connectivity index (χ3v) is 5.47.